The second kappa shape index (κ2) is 8.28. The largest absolute Gasteiger partial charge is 0.486 e. The van der Waals surface area contributed by atoms with Crippen LogP contribution in [-0.2, 0) is 6.61 Å². The summed E-state index contributed by atoms with van der Waals surface area (Å²) in [7, 11) is 0. The maximum atomic E-state index is 13.0. The molecule has 5 rings (SSSR count). The van der Waals surface area contributed by atoms with Crippen molar-refractivity contribution in [1.29, 1.82) is 0 Å². The summed E-state index contributed by atoms with van der Waals surface area (Å²) in [5, 5.41) is 1.13. The monoisotopic (exact) mass is 530 g/mol. The fourth-order valence-corrected chi connectivity index (χ4v) is 5.40. The number of nitrogens with zero attached hydrogens (tertiary/aromatic N) is 2. The van der Waals surface area contributed by atoms with Gasteiger partial charge in [0.15, 0.2) is 10.7 Å². The summed E-state index contributed by atoms with van der Waals surface area (Å²) in [5.74, 6) is 0.545. The minimum Gasteiger partial charge on any atom is -0.486 e. The lowest BCUT2D eigenvalue weighted by molar-refractivity contribution is 0.304. The number of rotatable bonds is 4. The summed E-state index contributed by atoms with van der Waals surface area (Å²) in [5.41, 5.74) is 3.30. The molecule has 3 aromatic carbocycles. The molecule has 0 N–H and O–H groups in total. The Morgan fingerprint density at radius 3 is 2.65 bits per heavy atom. The Labute approximate surface area is 199 Å². The molecule has 0 aliphatic rings. The number of fused-ring (bicyclic) bond motifs is 3. The fourth-order valence-electron chi connectivity index (χ4n) is 3.30. The van der Waals surface area contributed by atoms with Crippen LogP contribution in [0.4, 0.5) is 0 Å². The van der Waals surface area contributed by atoms with Gasteiger partial charge in [-0.1, -0.05) is 58.8 Å². The molecule has 2 heterocycles. The van der Waals surface area contributed by atoms with Crippen LogP contribution in [0.3, 0.4) is 0 Å². The van der Waals surface area contributed by atoms with Crippen molar-refractivity contribution < 1.29 is 4.74 Å². The summed E-state index contributed by atoms with van der Waals surface area (Å²) in [6.07, 6.45) is 1.82. The highest BCUT2D eigenvalue weighted by atomic mass is 79.9. The maximum Gasteiger partial charge on any atom is 0.274 e. The molecular formula is C23H13BrCl2N2O2S. The summed E-state index contributed by atoms with van der Waals surface area (Å²) >= 11 is 17.3. The molecule has 0 aliphatic carbocycles. The van der Waals surface area contributed by atoms with Gasteiger partial charge in [0.1, 0.15) is 6.61 Å². The Balaban J connectivity index is 1.48. The molecule has 0 atom stereocenters. The molecule has 31 heavy (non-hydrogen) atoms. The molecule has 0 saturated carbocycles. The summed E-state index contributed by atoms with van der Waals surface area (Å²) < 4.78 is 8.84. The van der Waals surface area contributed by atoms with E-state index in [1.54, 1.807) is 10.5 Å². The summed E-state index contributed by atoms with van der Waals surface area (Å²) in [6, 6.07) is 18.7. The molecule has 0 fully saturated rings. The van der Waals surface area contributed by atoms with Crippen molar-refractivity contribution >= 4 is 72.5 Å². The van der Waals surface area contributed by atoms with Gasteiger partial charge in [-0.3, -0.25) is 4.79 Å². The minimum absolute atomic E-state index is 0.0935. The lowest BCUT2D eigenvalue weighted by Crippen LogP contribution is -2.22. The molecule has 0 unspecified atom stereocenters. The molecule has 5 aromatic rings. The average molecular weight is 532 g/mol. The SMILES string of the molecule is O=c1/c(=C/c2cc(Cl)c(OCc3ccc(Cl)cc3)c(Br)c2)sc2nc3ccccc3n12. The zero-order chi connectivity index (χ0) is 21.5. The van der Waals surface area contributed by atoms with Gasteiger partial charge in [0.05, 0.1) is 25.1 Å². The van der Waals surface area contributed by atoms with E-state index in [0.29, 0.717) is 36.4 Å². The third kappa shape index (κ3) is 3.96. The highest BCUT2D eigenvalue weighted by molar-refractivity contribution is 9.10. The lowest BCUT2D eigenvalue weighted by Gasteiger charge is -2.11. The van der Waals surface area contributed by atoms with Gasteiger partial charge in [-0.25, -0.2) is 9.38 Å². The normalized spacial score (nSPS) is 12.2. The van der Waals surface area contributed by atoms with Crippen LogP contribution in [0.15, 0.2) is 69.9 Å². The van der Waals surface area contributed by atoms with Crippen molar-refractivity contribution in [2.75, 3.05) is 0 Å². The second-order valence-corrected chi connectivity index (χ2v) is 9.57. The van der Waals surface area contributed by atoms with E-state index >= 15 is 0 Å². The van der Waals surface area contributed by atoms with Gasteiger partial charge >= 0.3 is 0 Å². The molecule has 4 nitrogen and oxygen atoms in total. The third-order valence-corrected chi connectivity index (χ3v) is 6.85. The number of imidazole rings is 1. The van der Waals surface area contributed by atoms with E-state index in [0.717, 1.165) is 22.2 Å². The quantitative estimate of drug-likeness (QED) is 0.281. The van der Waals surface area contributed by atoms with Gasteiger partial charge in [-0.2, -0.15) is 0 Å². The smallest absolute Gasteiger partial charge is 0.274 e. The highest BCUT2D eigenvalue weighted by Gasteiger charge is 2.12. The number of thiazole rings is 1. The molecule has 0 aliphatic heterocycles. The Morgan fingerprint density at radius 1 is 1.10 bits per heavy atom. The number of halogens is 3. The molecule has 0 bridgehead atoms. The van der Waals surface area contributed by atoms with Crippen LogP contribution in [0.1, 0.15) is 11.1 Å². The van der Waals surface area contributed by atoms with Crippen molar-refractivity contribution in [3.8, 4) is 5.75 Å². The Bertz CT molecular complexity index is 1520. The highest BCUT2D eigenvalue weighted by Crippen LogP contribution is 2.35. The number of para-hydroxylation sites is 2. The molecule has 0 saturated heterocycles. The first-order valence-electron chi connectivity index (χ1n) is 9.27. The molecule has 8 heteroatoms. The molecule has 0 spiro atoms. The Hall–Kier alpha value is -2.38. The summed E-state index contributed by atoms with van der Waals surface area (Å²) in [4.78, 5) is 18.2. The third-order valence-electron chi connectivity index (χ3n) is 4.76. The zero-order valence-electron chi connectivity index (χ0n) is 15.8. The van der Waals surface area contributed by atoms with E-state index in [4.69, 9.17) is 27.9 Å². The predicted octanol–water partition coefficient (Wildman–Crippen LogP) is 6.11. The first kappa shape index (κ1) is 20.5. The molecule has 154 valence electrons. The van der Waals surface area contributed by atoms with Crippen molar-refractivity contribution in [3.63, 3.8) is 0 Å². The number of hydrogen-bond acceptors (Lipinski definition) is 4. The topological polar surface area (TPSA) is 43.6 Å². The van der Waals surface area contributed by atoms with Crippen LogP contribution in [0, 0.1) is 0 Å². The van der Waals surface area contributed by atoms with Crippen molar-refractivity contribution in [2.45, 2.75) is 6.61 Å². The Morgan fingerprint density at radius 2 is 1.87 bits per heavy atom. The van der Waals surface area contributed by atoms with Crippen molar-refractivity contribution in [3.05, 3.63) is 101 Å². The number of hydrogen-bond donors (Lipinski definition) is 0. The van der Waals surface area contributed by atoms with Crippen molar-refractivity contribution in [1.82, 2.24) is 9.38 Å². The van der Waals surface area contributed by atoms with Gasteiger partial charge in [0, 0.05) is 5.02 Å². The summed E-state index contributed by atoms with van der Waals surface area (Å²) in [6.45, 7) is 0.360. The van der Waals surface area contributed by atoms with E-state index in [-0.39, 0.29) is 5.56 Å². The molecule has 0 amide bonds. The average Bonchev–Trinajstić information content (AvgIpc) is 3.25. The van der Waals surface area contributed by atoms with Crippen LogP contribution < -0.4 is 14.8 Å². The standard InChI is InChI=1S/C23H13BrCl2N2O2S/c24-16-9-14(10-17(26)21(16)30-12-13-5-7-15(25)8-6-13)11-20-22(29)28-19-4-2-1-3-18(19)27-23(28)31-20/h1-11H,12H2/b20-11-. The predicted molar refractivity (Wildman–Crippen MR) is 131 cm³/mol. The second-order valence-electron chi connectivity index (χ2n) is 6.86. The first-order chi connectivity index (χ1) is 15.0. The van der Waals surface area contributed by atoms with Gasteiger partial charge < -0.3 is 4.74 Å². The van der Waals surface area contributed by atoms with Crippen LogP contribution in [-0.4, -0.2) is 9.38 Å². The lowest BCUT2D eigenvalue weighted by atomic mass is 10.2. The molecular weight excluding hydrogens is 519 g/mol. The maximum absolute atomic E-state index is 13.0. The van der Waals surface area contributed by atoms with Gasteiger partial charge in [0.2, 0.25) is 0 Å². The van der Waals surface area contributed by atoms with Crippen LogP contribution >= 0.6 is 50.5 Å². The van der Waals surface area contributed by atoms with E-state index in [1.807, 2.05) is 60.7 Å². The van der Waals surface area contributed by atoms with Gasteiger partial charge in [-0.15, -0.1) is 0 Å². The minimum atomic E-state index is -0.0935. The van der Waals surface area contributed by atoms with Gasteiger partial charge in [-0.05, 0) is 69.5 Å². The number of ether oxygens (including phenoxy) is 1. The molecule has 2 aromatic heterocycles. The molecule has 0 radical (unpaired) electrons. The van der Waals surface area contributed by atoms with Crippen molar-refractivity contribution in [2.24, 2.45) is 0 Å². The van der Waals surface area contributed by atoms with Crippen LogP contribution in [0.2, 0.25) is 10.0 Å². The van der Waals surface area contributed by atoms with E-state index in [1.165, 1.54) is 11.3 Å². The number of aromatic nitrogens is 2. The van der Waals surface area contributed by atoms with Crippen LogP contribution in [0.25, 0.3) is 22.1 Å². The zero-order valence-corrected chi connectivity index (χ0v) is 19.7. The van der Waals surface area contributed by atoms with E-state index in [2.05, 4.69) is 20.9 Å². The van der Waals surface area contributed by atoms with E-state index < -0.39 is 0 Å². The van der Waals surface area contributed by atoms with Crippen LogP contribution in [0.5, 0.6) is 5.75 Å². The fraction of sp³-hybridized carbons (Fsp3) is 0.0435. The number of benzene rings is 3. The van der Waals surface area contributed by atoms with Gasteiger partial charge in [0.25, 0.3) is 5.56 Å². The first-order valence-corrected chi connectivity index (χ1v) is 11.6. The Kier molecular flexibility index (Phi) is 5.48. The van der Waals surface area contributed by atoms with E-state index in [9.17, 15) is 4.79 Å².